The summed E-state index contributed by atoms with van der Waals surface area (Å²) in [7, 11) is 0. The maximum absolute atomic E-state index is 5.54. The predicted molar refractivity (Wildman–Crippen MR) is 116 cm³/mol. The highest BCUT2D eigenvalue weighted by Crippen LogP contribution is 2.30. The Bertz CT molecular complexity index is 1250. The van der Waals surface area contributed by atoms with Crippen molar-refractivity contribution < 1.29 is 8.94 Å². The molecule has 148 valence electrons. The van der Waals surface area contributed by atoms with Gasteiger partial charge in [-0.3, -0.25) is 4.57 Å². The van der Waals surface area contributed by atoms with Crippen LogP contribution in [0.1, 0.15) is 5.89 Å². The number of aromatic nitrogens is 5. The van der Waals surface area contributed by atoms with Gasteiger partial charge in [0.2, 0.25) is 17.5 Å². The molecule has 5 aromatic rings. The number of furan rings is 1. The second-order valence-electron chi connectivity index (χ2n) is 6.26. The molecule has 0 unspecified atom stereocenters. The van der Waals surface area contributed by atoms with Gasteiger partial charge in [-0.15, -0.1) is 10.2 Å². The van der Waals surface area contributed by atoms with Crippen molar-refractivity contribution in [3.8, 4) is 28.7 Å². The van der Waals surface area contributed by atoms with Gasteiger partial charge in [-0.25, -0.2) is 0 Å². The van der Waals surface area contributed by atoms with E-state index in [1.54, 1.807) is 6.26 Å². The third-order valence-corrected chi connectivity index (χ3v) is 5.73. The molecule has 9 heteroatoms. The number of benzene rings is 2. The number of para-hydroxylation sites is 1. The van der Waals surface area contributed by atoms with Crippen LogP contribution < -0.4 is 0 Å². The Kier molecular flexibility index (Phi) is 5.20. The number of nitrogens with zero attached hydrogens (tertiary/aromatic N) is 5. The molecule has 2 aromatic carbocycles. The maximum Gasteiger partial charge on any atom is 0.237 e. The molecule has 7 nitrogen and oxygen atoms in total. The lowest BCUT2D eigenvalue weighted by Gasteiger charge is -2.08. The largest absolute Gasteiger partial charge is 0.461 e. The van der Waals surface area contributed by atoms with Crippen LogP contribution in [0.3, 0.4) is 0 Å². The minimum absolute atomic E-state index is 0.465. The fourth-order valence-corrected chi connectivity index (χ4v) is 3.95. The summed E-state index contributed by atoms with van der Waals surface area (Å²) in [5.41, 5.74) is 1.84. The summed E-state index contributed by atoms with van der Waals surface area (Å²) in [4.78, 5) is 4.49. The topological polar surface area (TPSA) is 82.8 Å². The highest BCUT2D eigenvalue weighted by molar-refractivity contribution is 9.10. The molecule has 0 saturated carbocycles. The van der Waals surface area contributed by atoms with Crippen molar-refractivity contribution >= 4 is 27.7 Å². The van der Waals surface area contributed by atoms with Gasteiger partial charge < -0.3 is 8.94 Å². The Morgan fingerprint density at radius 3 is 2.53 bits per heavy atom. The number of halogens is 1. The monoisotopic (exact) mass is 479 g/mol. The first-order chi connectivity index (χ1) is 14.8. The van der Waals surface area contributed by atoms with Gasteiger partial charge in [0.1, 0.15) is 0 Å². The van der Waals surface area contributed by atoms with Crippen molar-refractivity contribution in [2.24, 2.45) is 0 Å². The molecule has 0 amide bonds. The van der Waals surface area contributed by atoms with Gasteiger partial charge in [-0.2, -0.15) is 4.98 Å². The third-order valence-electron chi connectivity index (χ3n) is 4.28. The van der Waals surface area contributed by atoms with Crippen molar-refractivity contribution in [2.75, 3.05) is 0 Å². The van der Waals surface area contributed by atoms with Crippen LogP contribution in [0, 0.1) is 0 Å². The molecule has 0 aliphatic carbocycles. The zero-order valence-corrected chi connectivity index (χ0v) is 17.9. The zero-order chi connectivity index (χ0) is 20.3. The lowest BCUT2D eigenvalue weighted by molar-refractivity contribution is 0.391. The molecule has 0 N–H and O–H groups in total. The lowest BCUT2D eigenvalue weighted by atomic mass is 10.2. The summed E-state index contributed by atoms with van der Waals surface area (Å²) >= 11 is 4.89. The van der Waals surface area contributed by atoms with Gasteiger partial charge in [-0.1, -0.05) is 51.0 Å². The Hall–Kier alpha value is -3.17. The van der Waals surface area contributed by atoms with Crippen molar-refractivity contribution in [3.63, 3.8) is 0 Å². The average Bonchev–Trinajstić information content (AvgIpc) is 3.53. The van der Waals surface area contributed by atoms with E-state index in [0.29, 0.717) is 34.2 Å². The highest BCUT2D eigenvalue weighted by Gasteiger charge is 2.19. The number of hydrogen-bond acceptors (Lipinski definition) is 7. The van der Waals surface area contributed by atoms with Crippen LogP contribution >= 0.6 is 27.7 Å². The predicted octanol–water partition coefficient (Wildman–Crippen LogP) is 5.63. The first kappa shape index (κ1) is 18.8. The molecule has 0 spiro atoms. The van der Waals surface area contributed by atoms with E-state index in [1.807, 2.05) is 71.3 Å². The van der Waals surface area contributed by atoms with Crippen LogP contribution in [0.2, 0.25) is 0 Å². The van der Waals surface area contributed by atoms with Crippen molar-refractivity contribution in [2.45, 2.75) is 10.9 Å². The fourth-order valence-electron chi connectivity index (χ4n) is 2.89. The Balaban J connectivity index is 1.41. The molecule has 0 bridgehead atoms. The van der Waals surface area contributed by atoms with Crippen molar-refractivity contribution in [3.05, 3.63) is 83.4 Å². The van der Waals surface area contributed by atoms with Gasteiger partial charge in [0.05, 0.1) is 12.0 Å². The highest BCUT2D eigenvalue weighted by atomic mass is 79.9. The lowest BCUT2D eigenvalue weighted by Crippen LogP contribution is -1.99. The summed E-state index contributed by atoms with van der Waals surface area (Å²) in [6, 6.07) is 21.4. The molecule has 0 radical (unpaired) electrons. The van der Waals surface area contributed by atoms with Crippen LogP contribution in [-0.2, 0) is 5.75 Å². The smallest absolute Gasteiger partial charge is 0.237 e. The van der Waals surface area contributed by atoms with Gasteiger partial charge in [0.25, 0.3) is 0 Å². The van der Waals surface area contributed by atoms with Crippen LogP contribution in [0.25, 0.3) is 28.7 Å². The number of hydrogen-bond donors (Lipinski definition) is 0. The minimum Gasteiger partial charge on any atom is -0.461 e. The second-order valence-corrected chi connectivity index (χ2v) is 8.12. The van der Waals surface area contributed by atoms with Crippen molar-refractivity contribution in [1.29, 1.82) is 0 Å². The molecule has 0 aliphatic heterocycles. The zero-order valence-electron chi connectivity index (χ0n) is 15.5. The normalized spacial score (nSPS) is 11.1. The first-order valence-electron chi connectivity index (χ1n) is 9.04. The molecule has 0 saturated heterocycles. The van der Waals surface area contributed by atoms with E-state index < -0.39 is 0 Å². The molecular formula is C21H14BrN5O2S. The van der Waals surface area contributed by atoms with Crippen LogP contribution in [0.4, 0.5) is 0 Å². The second kappa shape index (κ2) is 8.29. The van der Waals surface area contributed by atoms with E-state index in [4.69, 9.17) is 8.94 Å². The van der Waals surface area contributed by atoms with E-state index in [-0.39, 0.29) is 0 Å². The molecule has 0 aliphatic rings. The molecule has 0 atom stereocenters. The minimum atomic E-state index is 0.465. The van der Waals surface area contributed by atoms with Gasteiger partial charge in [0.15, 0.2) is 10.9 Å². The van der Waals surface area contributed by atoms with E-state index in [9.17, 15) is 0 Å². The Morgan fingerprint density at radius 2 is 1.77 bits per heavy atom. The van der Waals surface area contributed by atoms with Crippen molar-refractivity contribution in [1.82, 2.24) is 24.9 Å². The van der Waals surface area contributed by atoms with Crippen LogP contribution in [0.5, 0.6) is 0 Å². The van der Waals surface area contributed by atoms with Crippen LogP contribution in [0.15, 0.2) is 91.6 Å². The molecular weight excluding hydrogens is 466 g/mol. The van der Waals surface area contributed by atoms with E-state index in [2.05, 4.69) is 36.3 Å². The standard InChI is InChI=1S/C21H14BrN5O2S/c22-15-10-8-14(9-11-15)19-23-18(29-26-19)13-30-21-25-24-20(17-7-4-12-28-17)27(21)16-5-2-1-3-6-16/h1-12H,13H2. The fraction of sp³-hybridized carbons (Fsp3) is 0.0476. The van der Waals surface area contributed by atoms with Crippen LogP contribution in [-0.4, -0.2) is 24.9 Å². The quantitative estimate of drug-likeness (QED) is 0.291. The summed E-state index contributed by atoms with van der Waals surface area (Å²) in [6.07, 6.45) is 1.62. The summed E-state index contributed by atoms with van der Waals surface area (Å²) < 4.78 is 13.9. The SMILES string of the molecule is Brc1ccc(-c2noc(CSc3nnc(-c4ccco4)n3-c3ccccc3)n2)cc1. The van der Waals surface area contributed by atoms with Gasteiger partial charge in [0, 0.05) is 15.7 Å². The van der Waals surface area contributed by atoms with E-state index >= 15 is 0 Å². The number of thioether (sulfide) groups is 1. The Labute approximate surface area is 184 Å². The molecule has 5 rings (SSSR count). The third kappa shape index (κ3) is 3.81. The van der Waals surface area contributed by atoms with E-state index in [1.165, 1.54) is 11.8 Å². The van der Waals surface area contributed by atoms with Gasteiger partial charge >= 0.3 is 0 Å². The summed E-state index contributed by atoms with van der Waals surface area (Å²) in [5, 5.41) is 13.5. The summed E-state index contributed by atoms with van der Waals surface area (Å²) in [6.45, 7) is 0. The molecule has 3 heterocycles. The molecule has 30 heavy (non-hydrogen) atoms. The average molecular weight is 480 g/mol. The maximum atomic E-state index is 5.54. The summed E-state index contributed by atoms with van der Waals surface area (Å²) in [5.74, 6) is 2.81. The van der Waals surface area contributed by atoms with E-state index in [0.717, 1.165) is 15.7 Å². The number of rotatable bonds is 6. The molecule has 0 fully saturated rings. The molecule has 3 aromatic heterocycles. The van der Waals surface area contributed by atoms with Gasteiger partial charge in [-0.05, 0) is 48.5 Å². The Morgan fingerprint density at radius 1 is 0.933 bits per heavy atom. The first-order valence-corrected chi connectivity index (χ1v) is 10.8.